The lowest BCUT2D eigenvalue weighted by molar-refractivity contribution is 0.572. The summed E-state index contributed by atoms with van der Waals surface area (Å²) in [4.78, 5) is 0.382. The van der Waals surface area contributed by atoms with E-state index in [0.29, 0.717) is 29.8 Å². The van der Waals surface area contributed by atoms with E-state index in [-0.39, 0.29) is 0 Å². The van der Waals surface area contributed by atoms with Crippen LogP contribution in [0, 0.1) is 11.8 Å². The molecule has 5 heteroatoms. The number of benzene rings is 1. The lowest BCUT2D eigenvalue weighted by Gasteiger charge is -2.11. The van der Waals surface area contributed by atoms with Crippen LogP contribution in [0.4, 0.5) is 0 Å². The third-order valence-corrected chi connectivity index (χ3v) is 4.97. The van der Waals surface area contributed by atoms with Gasteiger partial charge in [-0.05, 0) is 36.9 Å². The molecule has 2 unspecified atom stereocenters. The molecule has 100 valence electrons. The van der Waals surface area contributed by atoms with Crippen molar-refractivity contribution in [3.63, 3.8) is 0 Å². The second-order valence-corrected chi connectivity index (χ2v) is 6.70. The van der Waals surface area contributed by atoms with Crippen LogP contribution in [0.15, 0.2) is 29.2 Å². The topological polar surface area (TPSA) is 58.2 Å². The van der Waals surface area contributed by atoms with E-state index in [1.165, 1.54) is 0 Å². The Morgan fingerprint density at radius 3 is 2.61 bits per heavy atom. The molecular formula is C13H20N2O2S. The predicted octanol–water partition coefficient (Wildman–Crippen LogP) is 1.34. The Balaban J connectivity index is 2.12. The molecular weight excluding hydrogens is 248 g/mol. The van der Waals surface area contributed by atoms with Crippen molar-refractivity contribution in [2.75, 3.05) is 13.6 Å². The molecule has 4 nitrogen and oxygen atoms in total. The lowest BCUT2D eigenvalue weighted by Crippen LogP contribution is -2.27. The van der Waals surface area contributed by atoms with Gasteiger partial charge in [0.05, 0.1) is 4.90 Å². The fourth-order valence-electron chi connectivity index (χ4n) is 2.08. The molecule has 0 spiro atoms. The first-order valence-corrected chi connectivity index (χ1v) is 7.75. The molecule has 0 aliphatic heterocycles. The molecule has 0 bridgehead atoms. The molecule has 1 aliphatic carbocycles. The highest BCUT2D eigenvalue weighted by Crippen LogP contribution is 2.37. The number of hydrogen-bond donors (Lipinski definition) is 2. The van der Waals surface area contributed by atoms with Crippen LogP contribution >= 0.6 is 0 Å². The van der Waals surface area contributed by atoms with Crippen LogP contribution in [-0.2, 0) is 16.6 Å². The highest BCUT2D eigenvalue weighted by atomic mass is 32.2. The van der Waals surface area contributed by atoms with Crippen LogP contribution in [0.1, 0.15) is 18.9 Å². The van der Waals surface area contributed by atoms with E-state index >= 15 is 0 Å². The summed E-state index contributed by atoms with van der Waals surface area (Å²) in [6, 6.07) is 7.11. The maximum atomic E-state index is 12.2. The fourth-order valence-corrected chi connectivity index (χ4v) is 3.41. The van der Waals surface area contributed by atoms with Crippen LogP contribution in [0.25, 0.3) is 0 Å². The van der Waals surface area contributed by atoms with Gasteiger partial charge in [-0.25, -0.2) is 13.1 Å². The second kappa shape index (κ2) is 5.38. The van der Waals surface area contributed by atoms with Gasteiger partial charge in [-0.15, -0.1) is 0 Å². The first kappa shape index (κ1) is 13.5. The molecule has 1 aromatic rings. The Morgan fingerprint density at radius 1 is 1.33 bits per heavy atom. The molecule has 0 saturated heterocycles. The SMILES string of the molecule is CNCc1ccccc1S(=O)(=O)NCC1CC1C. The Bertz CT molecular complexity index is 513. The van der Waals surface area contributed by atoms with Gasteiger partial charge >= 0.3 is 0 Å². The van der Waals surface area contributed by atoms with E-state index in [0.717, 1.165) is 12.0 Å². The van der Waals surface area contributed by atoms with Crippen molar-refractivity contribution in [2.24, 2.45) is 11.8 Å². The average molecular weight is 268 g/mol. The molecule has 18 heavy (non-hydrogen) atoms. The zero-order valence-corrected chi connectivity index (χ0v) is 11.6. The van der Waals surface area contributed by atoms with Gasteiger partial charge in [-0.1, -0.05) is 25.1 Å². The zero-order chi connectivity index (χ0) is 13.2. The van der Waals surface area contributed by atoms with Gasteiger partial charge in [0.15, 0.2) is 0 Å². The number of sulfonamides is 1. The molecule has 2 rings (SSSR count). The Hall–Kier alpha value is -0.910. The minimum Gasteiger partial charge on any atom is -0.316 e. The van der Waals surface area contributed by atoms with Gasteiger partial charge in [0.2, 0.25) is 10.0 Å². The number of nitrogens with one attached hydrogen (secondary N) is 2. The summed E-state index contributed by atoms with van der Waals surface area (Å²) in [6.07, 6.45) is 1.13. The summed E-state index contributed by atoms with van der Waals surface area (Å²) < 4.78 is 27.2. The van der Waals surface area contributed by atoms with Gasteiger partial charge in [0, 0.05) is 13.1 Å². The molecule has 1 aromatic carbocycles. The van der Waals surface area contributed by atoms with Gasteiger partial charge in [0.25, 0.3) is 0 Å². The zero-order valence-electron chi connectivity index (χ0n) is 10.8. The molecule has 0 amide bonds. The van der Waals surface area contributed by atoms with Gasteiger partial charge in [-0.3, -0.25) is 0 Å². The Kier molecular flexibility index (Phi) is 4.04. The van der Waals surface area contributed by atoms with Crippen molar-refractivity contribution in [3.8, 4) is 0 Å². The minimum atomic E-state index is -3.38. The van der Waals surface area contributed by atoms with E-state index in [4.69, 9.17) is 0 Å². The summed E-state index contributed by atoms with van der Waals surface area (Å²) in [5, 5.41) is 2.99. The summed E-state index contributed by atoms with van der Waals surface area (Å²) >= 11 is 0. The fraction of sp³-hybridized carbons (Fsp3) is 0.538. The van der Waals surface area contributed by atoms with Crippen LogP contribution in [0.5, 0.6) is 0 Å². The number of rotatable bonds is 6. The largest absolute Gasteiger partial charge is 0.316 e. The maximum Gasteiger partial charge on any atom is 0.240 e. The summed E-state index contributed by atoms with van der Waals surface area (Å²) in [5.41, 5.74) is 0.802. The second-order valence-electron chi connectivity index (χ2n) is 4.96. The van der Waals surface area contributed by atoms with Crippen molar-refractivity contribution < 1.29 is 8.42 Å². The Labute approximate surface area is 109 Å². The summed E-state index contributed by atoms with van der Waals surface area (Å²) in [5.74, 6) is 1.16. The predicted molar refractivity (Wildman–Crippen MR) is 71.7 cm³/mol. The highest BCUT2D eigenvalue weighted by Gasteiger charge is 2.33. The molecule has 0 aromatic heterocycles. The molecule has 0 heterocycles. The first-order valence-electron chi connectivity index (χ1n) is 6.27. The quantitative estimate of drug-likeness (QED) is 0.818. The van der Waals surface area contributed by atoms with Gasteiger partial charge < -0.3 is 5.32 Å². The maximum absolute atomic E-state index is 12.2. The standard InChI is InChI=1S/C13H20N2O2S/c1-10-7-12(10)9-15-18(16,17)13-6-4-3-5-11(13)8-14-2/h3-6,10,12,14-15H,7-9H2,1-2H3. The van der Waals surface area contributed by atoms with Crippen molar-refractivity contribution in [2.45, 2.75) is 24.8 Å². The third-order valence-electron chi connectivity index (χ3n) is 3.44. The van der Waals surface area contributed by atoms with E-state index in [2.05, 4.69) is 17.0 Å². The van der Waals surface area contributed by atoms with Crippen molar-refractivity contribution in [1.82, 2.24) is 10.0 Å². The van der Waals surface area contributed by atoms with Crippen LogP contribution in [0.3, 0.4) is 0 Å². The van der Waals surface area contributed by atoms with Crippen molar-refractivity contribution in [3.05, 3.63) is 29.8 Å². The molecule has 1 aliphatic rings. The third kappa shape index (κ3) is 3.10. The molecule has 2 atom stereocenters. The monoisotopic (exact) mass is 268 g/mol. The highest BCUT2D eigenvalue weighted by molar-refractivity contribution is 7.89. The summed E-state index contributed by atoms with van der Waals surface area (Å²) in [7, 11) is -1.57. The minimum absolute atomic E-state index is 0.382. The van der Waals surface area contributed by atoms with E-state index in [9.17, 15) is 8.42 Å². The number of hydrogen-bond acceptors (Lipinski definition) is 3. The molecule has 1 fully saturated rings. The van der Waals surface area contributed by atoms with Gasteiger partial charge in [-0.2, -0.15) is 0 Å². The van der Waals surface area contributed by atoms with Crippen molar-refractivity contribution >= 4 is 10.0 Å². The van der Waals surface area contributed by atoms with E-state index < -0.39 is 10.0 Å². The average Bonchev–Trinajstić information content (AvgIpc) is 3.04. The van der Waals surface area contributed by atoms with Crippen LogP contribution in [-0.4, -0.2) is 22.0 Å². The van der Waals surface area contributed by atoms with Crippen molar-refractivity contribution in [1.29, 1.82) is 0 Å². The lowest BCUT2D eigenvalue weighted by atomic mass is 10.2. The first-order chi connectivity index (χ1) is 8.54. The van der Waals surface area contributed by atoms with Crippen LogP contribution in [0.2, 0.25) is 0 Å². The smallest absolute Gasteiger partial charge is 0.240 e. The van der Waals surface area contributed by atoms with E-state index in [1.54, 1.807) is 12.1 Å². The van der Waals surface area contributed by atoms with Crippen LogP contribution < -0.4 is 10.0 Å². The molecule has 1 saturated carbocycles. The van der Waals surface area contributed by atoms with E-state index in [1.807, 2.05) is 19.2 Å². The Morgan fingerprint density at radius 2 is 2.00 bits per heavy atom. The molecule has 2 N–H and O–H groups in total. The normalized spacial score (nSPS) is 23.0. The summed E-state index contributed by atoms with van der Waals surface area (Å²) in [6.45, 7) is 3.25. The molecule has 0 radical (unpaired) electrons. The van der Waals surface area contributed by atoms with Gasteiger partial charge in [0.1, 0.15) is 0 Å².